The van der Waals surface area contributed by atoms with E-state index in [0.29, 0.717) is 6.42 Å². The highest BCUT2D eigenvalue weighted by Crippen LogP contribution is 2.27. The van der Waals surface area contributed by atoms with Crippen molar-refractivity contribution in [3.63, 3.8) is 0 Å². The molecule has 1 aromatic rings. The molecule has 0 saturated carbocycles. The van der Waals surface area contributed by atoms with E-state index in [2.05, 4.69) is 56.6 Å². The van der Waals surface area contributed by atoms with Gasteiger partial charge in [0.1, 0.15) is 0 Å². The van der Waals surface area contributed by atoms with Crippen LogP contribution in [0.1, 0.15) is 45.4 Å². The highest BCUT2D eigenvalue weighted by Gasteiger charge is 2.23. The van der Waals surface area contributed by atoms with Crippen molar-refractivity contribution in [3.8, 4) is 6.07 Å². The van der Waals surface area contributed by atoms with Crippen LogP contribution in [-0.4, -0.2) is 13.1 Å². The molecule has 1 N–H and O–H groups in total. The topological polar surface area (TPSA) is 35.8 Å². The Balaban J connectivity index is 2.40. The number of hydrogen-bond acceptors (Lipinski definition) is 3. The summed E-state index contributed by atoms with van der Waals surface area (Å²) in [5.41, 5.74) is 0.376. The van der Waals surface area contributed by atoms with Crippen molar-refractivity contribution in [1.82, 2.24) is 5.32 Å². The van der Waals surface area contributed by atoms with Crippen molar-refractivity contribution in [2.45, 2.75) is 46.0 Å². The lowest BCUT2D eigenvalue weighted by molar-refractivity contribution is 0.305. The van der Waals surface area contributed by atoms with Gasteiger partial charge in [0.05, 0.1) is 6.07 Å². The van der Waals surface area contributed by atoms with Gasteiger partial charge in [-0.05, 0) is 23.3 Å². The standard InChI is InChI=1S/C15H24N2S/c1-14(2,8-6-9-16)11-17-12-15(3,4)13-7-5-10-18-13/h5,7,10,17H,6,8,11-12H2,1-4H3. The predicted octanol–water partition coefficient (Wildman–Crippen LogP) is 3.95. The van der Waals surface area contributed by atoms with Gasteiger partial charge in [0.15, 0.2) is 0 Å². The summed E-state index contributed by atoms with van der Waals surface area (Å²) in [5.74, 6) is 0. The zero-order valence-electron chi connectivity index (χ0n) is 11.9. The second-order valence-corrected chi connectivity index (χ2v) is 7.23. The lowest BCUT2D eigenvalue weighted by Crippen LogP contribution is -2.37. The van der Waals surface area contributed by atoms with E-state index in [1.807, 2.05) is 11.3 Å². The molecule has 0 aromatic carbocycles. The highest BCUT2D eigenvalue weighted by atomic mass is 32.1. The summed E-state index contributed by atoms with van der Waals surface area (Å²) in [4.78, 5) is 1.42. The van der Waals surface area contributed by atoms with E-state index in [9.17, 15) is 0 Å². The summed E-state index contributed by atoms with van der Waals surface area (Å²) in [6.45, 7) is 10.9. The van der Waals surface area contributed by atoms with Gasteiger partial charge in [0.25, 0.3) is 0 Å². The summed E-state index contributed by atoms with van der Waals surface area (Å²) in [7, 11) is 0. The Kier molecular flexibility index (Phi) is 5.37. The zero-order valence-corrected chi connectivity index (χ0v) is 12.7. The molecular formula is C15H24N2S. The Labute approximate surface area is 115 Å². The van der Waals surface area contributed by atoms with Crippen LogP contribution < -0.4 is 5.32 Å². The summed E-state index contributed by atoms with van der Waals surface area (Å²) in [6.07, 6.45) is 1.60. The van der Waals surface area contributed by atoms with Crippen LogP contribution in [0.15, 0.2) is 17.5 Å². The number of rotatable bonds is 7. The van der Waals surface area contributed by atoms with Crippen LogP contribution in [0.3, 0.4) is 0 Å². The third-order valence-electron chi connectivity index (χ3n) is 3.27. The Bertz CT molecular complexity index is 385. The van der Waals surface area contributed by atoms with Gasteiger partial charge >= 0.3 is 0 Å². The largest absolute Gasteiger partial charge is 0.315 e. The maximum Gasteiger partial charge on any atom is 0.0621 e. The fourth-order valence-corrected chi connectivity index (χ4v) is 2.80. The fraction of sp³-hybridized carbons (Fsp3) is 0.667. The van der Waals surface area contributed by atoms with Crippen molar-refractivity contribution >= 4 is 11.3 Å². The van der Waals surface area contributed by atoms with Crippen LogP contribution in [0.2, 0.25) is 0 Å². The summed E-state index contributed by atoms with van der Waals surface area (Å²) in [5, 5.41) is 14.3. The van der Waals surface area contributed by atoms with Gasteiger partial charge in [-0.15, -0.1) is 11.3 Å². The van der Waals surface area contributed by atoms with E-state index in [-0.39, 0.29) is 10.8 Å². The van der Waals surface area contributed by atoms with E-state index in [4.69, 9.17) is 5.26 Å². The van der Waals surface area contributed by atoms with Gasteiger partial charge in [-0.25, -0.2) is 0 Å². The van der Waals surface area contributed by atoms with Crippen molar-refractivity contribution < 1.29 is 0 Å². The maximum absolute atomic E-state index is 8.64. The van der Waals surface area contributed by atoms with E-state index >= 15 is 0 Å². The molecular weight excluding hydrogens is 240 g/mol. The first-order valence-corrected chi connectivity index (χ1v) is 7.37. The highest BCUT2D eigenvalue weighted by molar-refractivity contribution is 7.10. The van der Waals surface area contributed by atoms with E-state index in [0.717, 1.165) is 19.5 Å². The minimum atomic E-state index is 0.180. The molecule has 0 radical (unpaired) electrons. The lowest BCUT2D eigenvalue weighted by Gasteiger charge is -2.28. The summed E-state index contributed by atoms with van der Waals surface area (Å²) < 4.78 is 0. The first-order chi connectivity index (χ1) is 8.37. The molecule has 0 amide bonds. The van der Waals surface area contributed by atoms with Gasteiger partial charge < -0.3 is 5.32 Å². The van der Waals surface area contributed by atoms with Crippen LogP contribution in [0.25, 0.3) is 0 Å². The molecule has 2 nitrogen and oxygen atoms in total. The van der Waals surface area contributed by atoms with Crippen LogP contribution in [0.4, 0.5) is 0 Å². The van der Waals surface area contributed by atoms with E-state index in [1.165, 1.54) is 4.88 Å². The van der Waals surface area contributed by atoms with Crippen LogP contribution in [-0.2, 0) is 5.41 Å². The molecule has 0 aliphatic heterocycles. The monoisotopic (exact) mass is 264 g/mol. The molecule has 3 heteroatoms. The Morgan fingerprint density at radius 2 is 2.00 bits per heavy atom. The summed E-state index contributed by atoms with van der Waals surface area (Å²) in [6, 6.07) is 6.54. The maximum atomic E-state index is 8.64. The van der Waals surface area contributed by atoms with Gasteiger partial charge in [-0.2, -0.15) is 5.26 Å². The molecule has 100 valence electrons. The van der Waals surface area contributed by atoms with Crippen LogP contribution in [0, 0.1) is 16.7 Å². The van der Waals surface area contributed by atoms with Crippen molar-refractivity contribution in [3.05, 3.63) is 22.4 Å². The molecule has 0 spiro atoms. The van der Waals surface area contributed by atoms with Crippen molar-refractivity contribution in [2.24, 2.45) is 5.41 Å². The molecule has 0 aliphatic carbocycles. The first-order valence-electron chi connectivity index (χ1n) is 6.49. The fourth-order valence-electron chi connectivity index (χ4n) is 1.95. The average molecular weight is 264 g/mol. The van der Waals surface area contributed by atoms with Gasteiger partial charge in [-0.1, -0.05) is 33.8 Å². The molecule has 0 bridgehead atoms. The molecule has 18 heavy (non-hydrogen) atoms. The quantitative estimate of drug-likeness (QED) is 0.809. The Morgan fingerprint density at radius 3 is 2.56 bits per heavy atom. The van der Waals surface area contributed by atoms with E-state index < -0.39 is 0 Å². The molecule has 1 rings (SSSR count). The smallest absolute Gasteiger partial charge is 0.0621 e. The van der Waals surface area contributed by atoms with Crippen molar-refractivity contribution in [2.75, 3.05) is 13.1 Å². The minimum Gasteiger partial charge on any atom is -0.315 e. The average Bonchev–Trinajstić information content (AvgIpc) is 2.80. The van der Waals surface area contributed by atoms with Gasteiger partial charge in [0, 0.05) is 29.8 Å². The predicted molar refractivity (Wildman–Crippen MR) is 78.8 cm³/mol. The molecule has 1 aromatic heterocycles. The summed E-state index contributed by atoms with van der Waals surface area (Å²) >= 11 is 1.82. The lowest BCUT2D eigenvalue weighted by atomic mass is 9.86. The third-order valence-corrected chi connectivity index (χ3v) is 4.51. The molecule has 0 fully saturated rings. The second-order valence-electron chi connectivity index (χ2n) is 6.29. The molecule has 0 unspecified atom stereocenters. The second kappa shape index (κ2) is 6.36. The normalized spacial score (nSPS) is 12.4. The molecule has 0 aliphatic rings. The number of thiophene rings is 1. The van der Waals surface area contributed by atoms with Crippen molar-refractivity contribution in [1.29, 1.82) is 5.26 Å². The van der Waals surface area contributed by atoms with Gasteiger partial charge in [-0.3, -0.25) is 0 Å². The Hall–Kier alpha value is -0.850. The molecule has 0 atom stereocenters. The van der Waals surface area contributed by atoms with Gasteiger partial charge in [0.2, 0.25) is 0 Å². The number of hydrogen-bond donors (Lipinski definition) is 1. The number of nitrogens with one attached hydrogen (secondary N) is 1. The zero-order chi connectivity index (χ0) is 13.6. The SMILES string of the molecule is CC(C)(CCC#N)CNCC(C)(C)c1cccs1. The molecule has 0 saturated heterocycles. The number of nitriles is 1. The number of nitrogens with zero attached hydrogens (tertiary/aromatic N) is 1. The minimum absolute atomic E-state index is 0.180. The first kappa shape index (κ1) is 15.2. The molecule has 1 heterocycles. The van der Waals surface area contributed by atoms with E-state index in [1.54, 1.807) is 0 Å². The Morgan fingerprint density at radius 1 is 1.28 bits per heavy atom. The third kappa shape index (κ3) is 4.80. The van der Waals surface area contributed by atoms with Crippen LogP contribution >= 0.6 is 11.3 Å². The van der Waals surface area contributed by atoms with Crippen LogP contribution in [0.5, 0.6) is 0 Å².